The van der Waals surface area contributed by atoms with Crippen molar-refractivity contribution in [2.75, 3.05) is 26.7 Å². The quantitative estimate of drug-likeness (QED) is 0.681. The third-order valence-corrected chi connectivity index (χ3v) is 3.30. The molecule has 0 aliphatic carbocycles. The van der Waals surface area contributed by atoms with Crippen molar-refractivity contribution in [3.8, 4) is 0 Å². The van der Waals surface area contributed by atoms with Crippen LogP contribution in [0, 0.1) is 5.92 Å². The van der Waals surface area contributed by atoms with Crippen LogP contribution in [0.25, 0.3) is 0 Å². The number of likely N-dealkylation sites (tertiary alicyclic amines) is 1. The lowest BCUT2D eigenvalue weighted by atomic mass is 9.94. The molecular formula is C12H26N2. The highest BCUT2D eigenvalue weighted by molar-refractivity contribution is 4.81. The van der Waals surface area contributed by atoms with Crippen LogP contribution < -0.4 is 5.32 Å². The number of nitrogens with zero attached hydrogens (tertiary/aromatic N) is 1. The lowest BCUT2D eigenvalue weighted by Gasteiger charge is -2.35. The Bertz CT molecular complexity index is 147. The van der Waals surface area contributed by atoms with E-state index in [4.69, 9.17) is 0 Å². The molecule has 1 rings (SSSR count). The summed E-state index contributed by atoms with van der Waals surface area (Å²) >= 11 is 0. The van der Waals surface area contributed by atoms with Gasteiger partial charge in [0.2, 0.25) is 0 Å². The summed E-state index contributed by atoms with van der Waals surface area (Å²) in [5.74, 6) is 0.815. The minimum absolute atomic E-state index is 0.767. The average molecular weight is 198 g/mol. The van der Waals surface area contributed by atoms with Crippen LogP contribution in [-0.4, -0.2) is 37.6 Å². The van der Waals surface area contributed by atoms with E-state index in [2.05, 4.69) is 31.1 Å². The van der Waals surface area contributed by atoms with Crippen molar-refractivity contribution in [2.45, 2.75) is 45.6 Å². The first-order chi connectivity index (χ1) is 6.74. The standard InChI is InChI=1S/C12H26N2/c1-4-5-6-8-13-12-7-9-14(3)10-11(12)2/h11-13H,4-10H2,1-3H3. The number of hydrogen-bond acceptors (Lipinski definition) is 2. The zero-order valence-electron chi connectivity index (χ0n) is 10.1. The van der Waals surface area contributed by atoms with Gasteiger partial charge in [0.25, 0.3) is 0 Å². The maximum absolute atomic E-state index is 3.70. The monoisotopic (exact) mass is 198 g/mol. The molecule has 2 unspecified atom stereocenters. The molecule has 2 heteroatoms. The second-order valence-electron chi connectivity index (χ2n) is 4.80. The molecule has 1 fully saturated rings. The van der Waals surface area contributed by atoms with E-state index in [1.807, 2.05) is 0 Å². The number of nitrogens with one attached hydrogen (secondary N) is 1. The molecule has 0 radical (unpaired) electrons. The van der Waals surface area contributed by atoms with E-state index < -0.39 is 0 Å². The summed E-state index contributed by atoms with van der Waals surface area (Å²) in [5.41, 5.74) is 0. The predicted molar refractivity (Wildman–Crippen MR) is 62.6 cm³/mol. The van der Waals surface area contributed by atoms with E-state index in [0.29, 0.717) is 0 Å². The van der Waals surface area contributed by atoms with Crippen molar-refractivity contribution < 1.29 is 0 Å². The normalized spacial score (nSPS) is 29.4. The van der Waals surface area contributed by atoms with Crippen LogP contribution in [0.4, 0.5) is 0 Å². The van der Waals surface area contributed by atoms with Crippen LogP contribution >= 0.6 is 0 Å². The van der Waals surface area contributed by atoms with E-state index in [1.165, 1.54) is 45.3 Å². The van der Waals surface area contributed by atoms with E-state index in [9.17, 15) is 0 Å². The van der Waals surface area contributed by atoms with Crippen LogP contribution in [-0.2, 0) is 0 Å². The first-order valence-corrected chi connectivity index (χ1v) is 6.16. The van der Waals surface area contributed by atoms with E-state index in [1.54, 1.807) is 0 Å². The van der Waals surface area contributed by atoms with Gasteiger partial charge in [0.15, 0.2) is 0 Å². The van der Waals surface area contributed by atoms with Gasteiger partial charge in [0, 0.05) is 12.6 Å². The number of piperidine rings is 1. The average Bonchev–Trinajstić information content (AvgIpc) is 2.15. The second kappa shape index (κ2) is 6.41. The maximum atomic E-state index is 3.70. The fourth-order valence-corrected chi connectivity index (χ4v) is 2.32. The molecule has 0 spiro atoms. The summed E-state index contributed by atoms with van der Waals surface area (Å²) in [6.45, 7) is 8.36. The van der Waals surface area contributed by atoms with Gasteiger partial charge in [-0.2, -0.15) is 0 Å². The molecule has 0 aromatic heterocycles. The van der Waals surface area contributed by atoms with Gasteiger partial charge in [0.1, 0.15) is 0 Å². The fourth-order valence-electron chi connectivity index (χ4n) is 2.32. The lowest BCUT2D eigenvalue weighted by Crippen LogP contribution is -2.47. The van der Waals surface area contributed by atoms with Crippen molar-refractivity contribution in [3.05, 3.63) is 0 Å². The summed E-state index contributed by atoms with van der Waals surface area (Å²) < 4.78 is 0. The lowest BCUT2D eigenvalue weighted by molar-refractivity contribution is 0.175. The maximum Gasteiger partial charge on any atom is 0.0117 e. The summed E-state index contributed by atoms with van der Waals surface area (Å²) in [4.78, 5) is 2.44. The molecular weight excluding hydrogens is 172 g/mol. The van der Waals surface area contributed by atoms with Crippen LogP contribution in [0.1, 0.15) is 39.5 Å². The van der Waals surface area contributed by atoms with Gasteiger partial charge in [0.05, 0.1) is 0 Å². The number of unbranched alkanes of at least 4 members (excludes halogenated alkanes) is 2. The van der Waals surface area contributed by atoms with Gasteiger partial charge in [-0.1, -0.05) is 26.7 Å². The summed E-state index contributed by atoms with van der Waals surface area (Å²) in [6, 6.07) is 0.767. The third kappa shape index (κ3) is 3.97. The molecule has 2 atom stereocenters. The largest absolute Gasteiger partial charge is 0.314 e. The highest BCUT2D eigenvalue weighted by atomic mass is 15.1. The van der Waals surface area contributed by atoms with Crippen molar-refractivity contribution in [1.82, 2.24) is 10.2 Å². The van der Waals surface area contributed by atoms with Crippen molar-refractivity contribution in [1.29, 1.82) is 0 Å². The molecule has 1 aliphatic heterocycles. The van der Waals surface area contributed by atoms with Crippen molar-refractivity contribution in [2.24, 2.45) is 5.92 Å². The van der Waals surface area contributed by atoms with Gasteiger partial charge in [-0.3, -0.25) is 0 Å². The molecule has 1 heterocycles. The Hall–Kier alpha value is -0.0800. The molecule has 0 aromatic rings. The summed E-state index contributed by atoms with van der Waals surface area (Å²) in [7, 11) is 2.23. The molecule has 84 valence electrons. The SMILES string of the molecule is CCCCCNC1CCN(C)CC1C. The zero-order valence-corrected chi connectivity index (χ0v) is 10.1. The molecule has 1 saturated heterocycles. The van der Waals surface area contributed by atoms with Gasteiger partial charge in [-0.15, -0.1) is 0 Å². The number of rotatable bonds is 5. The van der Waals surface area contributed by atoms with Crippen molar-refractivity contribution in [3.63, 3.8) is 0 Å². The smallest absolute Gasteiger partial charge is 0.0117 e. The predicted octanol–water partition coefficient (Wildman–Crippen LogP) is 2.11. The first-order valence-electron chi connectivity index (χ1n) is 6.16. The van der Waals surface area contributed by atoms with Gasteiger partial charge in [-0.25, -0.2) is 0 Å². The molecule has 2 nitrogen and oxygen atoms in total. The first kappa shape index (κ1) is 12.0. The molecule has 0 amide bonds. The Morgan fingerprint density at radius 1 is 1.36 bits per heavy atom. The minimum atomic E-state index is 0.767. The Kier molecular flexibility index (Phi) is 5.49. The van der Waals surface area contributed by atoms with Gasteiger partial charge < -0.3 is 10.2 Å². The zero-order chi connectivity index (χ0) is 10.4. The number of hydrogen-bond donors (Lipinski definition) is 1. The Morgan fingerprint density at radius 2 is 2.14 bits per heavy atom. The van der Waals surface area contributed by atoms with E-state index >= 15 is 0 Å². The van der Waals surface area contributed by atoms with Crippen LogP contribution in [0.15, 0.2) is 0 Å². The van der Waals surface area contributed by atoms with E-state index in [0.717, 1.165) is 12.0 Å². The second-order valence-corrected chi connectivity index (χ2v) is 4.80. The molecule has 1 N–H and O–H groups in total. The Labute approximate surface area is 89.1 Å². The Morgan fingerprint density at radius 3 is 2.79 bits per heavy atom. The minimum Gasteiger partial charge on any atom is -0.314 e. The Balaban J connectivity index is 2.11. The fraction of sp³-hybridized carbons (Fsp3) is 1.00. The highest BCUT2D eigenvalue weighted by Gasteiger charge is 2.22. The van der Waals surface area contributed by atoms with Crippen LogP contribution in [0.5, 0.6) is 0 Å². The third-order valence-electron chi connectivity index (χ3n) is 3.30. The van der Waals surface area contributed by atoms with Crippen molar-refractivity contribution >= 4 is 0 Å². The highest BCUT2D eigenvalue weighted by Crippen LogP contribution is 2.15. The summed E-state index contributed by atoms with van der Waals surface area (Å²) in [5, 5.41) is 3.70. The van der Waals surface area contributed by atoms with E-state index in [-0.39, 0.29) is 0 Å². The molecule has 1 aliphatic rings. The molecule has 0 aromatic carbocycles. The molecule has 14 heavy (non-hydrogen) atoms. The van der Waals surface area contributed by atoms with Gasteiger partial charge in [-0.05, 0) is 38.9 Å². The molecule has 0 saturated carbocycles. The van der Waals surface area contributed by atoms with Gasteiger partial charge >= 0.3 is 0 Å². The summed E-state index contributed by atoms with van der Waals surface area (Å²) in [6.07, 6.45) is 5.36. The van der Waals surface area contributed by atoms with Crippen LogP contribution in [0.3, 0.4) is 0 Å². The van der Waals surface area contributed by atoms with Crippen LogP contribution in [0.2, 0.25) is 0 Å². The molecule has 0 bridgehead atoms. The topological polar surface area (TPSA) is 15.3 Å².